The highest BCUT2D eigenvalue weighted by Gasteiger charge is 2.09. The fraction of sp³-hybridized carbons (Fsp3) is 0.235. The average Bonchev–Trinajstić information content (AvgIpc) is 2.48. The van der Waals surface area contributed by atoms with Gasteiger partial charge in [-0.3, -0.25) is 0 Å². The Morgan fingerprint density at radius 3 is 2.00 bits per heavy atom. The molecule has 0 unspecified atom stereocenters. The van der Waals surface area contributed by atoms with E-state index in [2.05, 4.69) is 36.6 Å². The molecule has 0 atom stereocenters. The molecule has 0 saturated carbocycles. The molecule has 20 heavy (non-hydrogen) atoms. The third kappa shape index (κ3) is 3.38. The summed E-state index contributed by atoms with van der Waals surface area (Å²) in [5.41, 5.74) is 4.04. The number of carbonyl (C=O) groups excluding carboxylic acids is 1. The fourth-order valence-electron chi connectivity index (χ4n) is 2.20. The highest BCUT2D eigenvalue weighted by Crippen LogP contribution is 2.22. The van der Waals surface area contributed by atoms with Crippen LogP contribution in [0.25, 0.3) is 0 Å². The van der Waals surface area contributed by atoms with E-state index in [1.807, 2.05) is 36.4 Å². The first-order valence-corrected chi connectivity index (χ1v) is 6.98. The number of para-hydroxylation sites is 2. The zero-order chi connectivity index (χ0) is 14.4. The van der Waals surface area contributed by atoms with E-state index in [9.17, 15) is 4.79 Å². The van der Waals surface area contributed by atoms with Gasteiger partial charge in [0.1, 0.15) is 0 Å². The summed E-state index contributed by atoms with van der Waals surface area (Å²) in [6, 6.07) is 15.4. The molecule has 104 valence electrons. The van der Waals surface area contributed by atoms with E-state index in [-0.39, 0.29) is 6.03 Å². The van der Waals surface area contributed by atoms with Crippen molar-refractivity contribution in [3.63, 3.8) is 0 Å². The molecule has 0 aromatic heterocycles. The standard InChI is InChI=1S/C17H20N2O/c1-3-13-9-8-10-14(4-2)16(13)19-17(20)18-15-11-6-5-7-12-15/h5-12H,3-4H2,1-2H3,(H2,18,19,20). The second kappa shape index (κ2) is 6.75. The average molecular weight is 268 g/mol. The molecule has 2 aromatic carbocycles. The van der Waals surface area contributed by atoms with Gasteiger partial charge in [-0.15, -0.1) is 0 Å². The van der Waals surface area contributed by atoms with Gasteiger partial charge in [0.15, 0.2) is 0 Å². The van der Waals surface area contributed by atoms with Crippen LogP contribution < -0.4 is 10.6 Å². The quantitative estimate of drug-likeness (QED) is 0.844. The maximum atomic E-state index is 12.1. The van der Waals surface area contributed by atoms with Gasteiger partial charge in [0.05, 0.1) is 0 Å². The highest BCUT2D eigenvalue weighted by atomic mass is 16.2. The minimum absolute atomic E-state index is 0.202. The number of benzene rings is 2. The molecule has 2 N–H and O–H groups in total. The monoisotopic (exact) mass is 268 g/mol. The molecule has 0 spiro atoms. The summed E-state index contributed by atoms with van der Waals surface area (Å²) in [6.07, 6.45) is 1.80. The molecule has 0 saturated heterocycles. The van der Waals surface area contributed by atoms with Gasteiger partial charge in [-0.25, -0.2) is 4.79 Å². The van der Waals surface area contributed by atoms with Gasteiger partial charge >= 0.3 is 6.03 Å². The van der Waals surface area contributed by atoms with Crippen molar-refractivity contribution in [1.82, 2.24) is 0 Å². The van der Waals surface area contributed by atoms with Crippen LogP contribution in [0.5, 0.6) is 0 Å². The zero-order valence-corrected chi connectivity index (χ0v) is 11.9. The van der Waals surface area contributed by atoms with Crippen molar-refractivity contribution in [2.45, 2.75) is 26.7 Å². The van der Waals surface area contributed by atoms with Crippen molar-refractivity contribution in [2.24, 2.45) is 0 Å². The van der Waals surface area contributed by atoms with Crippen molar-refractivity contribution in [2.75, 3.05) is 10.6 Å². The molecule has 0 fully saturated rings. The number of amides is 2. The van der Waals surface area contributed by atoms with Crippen molar-refractivity contribution in [3.05, 3.63) is 59.7 Å². The third-order valence-corrected chi connectivity index (χ3v) is 3.27. The summed E-state index contributed by atoms with van der Waals surface area (Å²) in [5, 5.41) is 5.82. The summed E-state index contributed by atoms with van der Waals surface area (Å²) in [5.74, 6) is 0. The van der Waals surface area contributed by atoms with Gasteiger partial charge in [0.25, 0.3) is 0 Å². The summed E-state index contributed by atoms with van der Waals surface area (Å²) in [4.78, 5) is 12.1. The highest BCUT2D eigenvalue weighted by molar-refractivity contribution is 6.00. The Morgan fingerprint density at radius 1 is 0.850 bits per heavy atom. The van der Waals surface area contributed by atoms with Crippen molar-refractivity contribution >= 4 is 17.4 Å². The SMILES string of the molecule is CCc1cccc(CC)c1NC(=O)Nc1ccccc1. The summed E-state index contributed by atoms with van der Waals surface area (Å²) in [7, 11) is 0. The number of nitrogens with one attached hydrogen (secondary N) is 2. The fourth-order valence-corrected chi connectivity index (χ4v) is 2.20. The smallest absolute Gasteiger partial charge is 0.308 e. The lowest BCUT2D eigenvalue weighted by atomic mass is 10.0. The minimum atomic E-state index is -0.202. The van der Waals surface area contributed by atoms with Gasteiger partial charge in [-0.1, -0.05) is 50.2 Å². The van der Waals surface area contributed by atoms with E-state index in [4.69, 9.17) is 0 Å². The van der Waals surface area contributed by atoms with Gasteiger partial charge in [-0.05, 0) is 36.1 Å². The van der Waals surface area contributed by atoms with E-state index in [0.717, 1.165) is 35.3 Å². The summed E-state index contributed by atoms with van der Waals surface area (Å²) >= 11 is 0. The number of urea groups is 1. The molecule has 2 rings (SSSR count). The van der Waals surface area contributed by atoms with E-state index in [0.29, 0.717) is 0 Å². The van der Waals surface area contributed by atoms with Gasteiger partial charge in [0.2, 0.25) is 0 Å². The van der Waals surface area contributed by atoms with Crippen LogP contribution in [-0.4, -0.2) is 6.03 Å². The molecule has 0 bridgehead atoms. The molecule has 0 aliphatic rings. The Labute approximate surface area is 120 Å². The molecule has 2 aromatic rings. The first-order valence-electron chi connectivity index (χ1n) is 6.98. The zero-order valence-electron chi connectivity index (χ0n) is 11.9. The van der Waals surface area contributed by atoms with E-state index in [1.165, 1.54) is 0 Å². The normalized spacial score (nSPS) is 10.1. The molecule has 0 aliphatic heterocycles. The minimum Gasteiger partial charge on any atom is -0.308 e. The molecule has 3 heteroatoms. The largest absolute Gasteiger partial charge is 0.323 e. The van der Waals surface area contributed by atoms with Crippen LogP contribution in [0.15, 0.2) is 48.5 Å². The van der Waals surface area contributed by atoms with Crippen LogP contribution in [0.4, 0.5) is 16.2 Å². The van der Waals surface area contributed by atoms with E-state index >= 15 is 0 Å². The Hall–Kier alpha value is -2.29. The van der Waals surface area contributed by atoms with Gasteiger partial charge in [-0.2, -0.15) is 0 Å². The van der Waals surface area contributed by atoms with Crippen LogP contribution in [0.2, 0.25) is 0 Å². The number of rotatable bonds is 4. The predicted octanol–water partition coefficient (Wildman–Crippen LogP) is 4.46. The third-order valence-electron chi connectivity index (χ3n) is 3.27. The molecular weight excluding hydrogens is 248 g/mol. The van der Waals surface area contributed by atoms with Crippen molar-refractivity contribution in [3.8, 4) is 0 Å². The molecule has 2 amide bonds. The topological polar surface area (TPSA) is 41.1 Å². The molecule has 0 aliphatic carbocycles. The lowest BCUT2D eigenvalue weighted by molar-refractivity contribution is 0.262. The van der Waals surface area contributed by atoms with Crippen LogP contribution >= 0.6 is 0 Å². The maximum Gasteiger partial charge on any atom is 0.323 e. The molecule has 3 nitrogen and oxygen atoms in total. The predicted molar refractivity (Wildman–Crippen MR) is 84.3 cm³/mol. The second-order valence-electron chi connectivity index (χ2n) is 4.60. The first kappa shape index (κ1) is 14.1. The summed E-state index contributed by atoms with van der Waals surface area (Å²) < 4.78 is 0. The lowest BCUT2D eigenvalue weighted by Gasteiger charge is -2.15. The number of hydrogen-bond donors (Lipinski definition) is 2. The van der Waals surface area contributed by atoms with Crippen LogP contribution in [0, 0.1) is 0 Å². The Kier molecular flexibility index (Phi) is 4.77. The van der Waals surface area contributed by atoms with Crippen LogP contribution in [-0.2, 0) is 12.8 Å². The number of anilines is 2. The number of aryl methyl sites for hydroxylation is 2. The molecule has 0 heterocycles. The molecule has 0 radical (unpaired) electrons. The molecular formula is C17H20N2O. The van der Waals surface area contributed by atoms with Gasteiger partial charge < -0.3 is 10.6 Å². The lowest BCUT2D eigenvalue weighted by Crippen LogP contribution is -2.21. The second-order valence-corrected chi connectivity index (χ2v) is 4.60. The Morgan fingerprint density at radius 2 is 1.45 bits per heavy atom. The maximum absolute atomic E-state index is 12.1. The first-order chi connectivity index (χ1) is 9.74. The Balaban J connectivity index is 2.15. The summed E-state index contributed by atoms with van der Waals surface area (Å²) in [6.45, 7) is 4.18. The van der Waals surface area contributed by atoms with Crippen molar-refractivity contribution < 1.29 is 4.79 Å². The van der Waals surface area contributed by atoms with E-state index in [1.54, 1.807) is 0 Å². The van der Waals surface area contributed by atoms with Gasteiger partial charge in [0, 0.05) is 11.4 Å². The number of carbonyl (C=O) groups is 1. The van der Waals surface area contributed by atoms with E-state index < -0.39 is 0 Å². The number of hydrogen-bond acceptors (Lipinski definition) is 1. The Bertz CT molecular complexity index is 557. The van der Waals surface area contributed by atoms with Crippen LogP contribution in [0.3, 0.4) is 0 Å². The van der Waals surface area contributed by atoms with Crippen molar-refractivity contribution in [1.29, 1.82) is 0 Å². The van der Waals surface area contributed by atoms with Crippen LogP contribution in [0.1, 0.15) is 25.0 Å².